The number of hydrogen-bond acceptors (Lipinski definition) is 1. The Morgan fingerprint density at radius 1 is 1.15 bits per heavy atom. The molecule has 1 aliphatic carbocycles. The van der Waals surface area contributed by atoms with E-state index in [0.717, 1.165) is 12.5 Å². The summed E-state index contributed by atoms with van der Waals surface area (Å²) in [5.41, 5.74) is 3.20. The van der Waals surface area contributed by atoms with Gasteiger partial charge in [0.2, 0.25) is 0 Å². The first-order valence-corrected chi connectivity index (χ1v) is 8.60. The Balaban J connectivity index is 2.22. The first-order valence-electron chi connectivity index (χ1n) is 8.60. The molecule has 0 aliphatic heterocycles. The van der Waals surface area contributed by atoms with E-state index in [4.69, 9.17) is 0 Å². The topological polar surface area (TPSA) is 12.0 Å². The van der Waals surface area contributed by atoms with Crippen molar-refractivity contribution in [2.45, 2.75) is 71.3 Å². The average Bonchev–Trinajstić information content (AvgIpc) is 2.39. The van der Waals surface area contributed by atoms with Crippen LogP contribution in [0.1, 0.15) is 82.4 Å². The van der Waals surface area contributed by atoms with Crippen molar-refractivity contribution in [1.82, 2.24) is 5.32 Å². The molecule has 0 radical (unpaired) electrons. The summed E-state index contributed by atoms with van der Waals surface area (Å²) < 4.78 is 0. The Labute approximate surface area is 125 Å². The SMILES string of the molecule is CCCNC(c1ccccc1C1CCC1)C(C)CCC. The summed E-state index contributed by atoms with van der Waals surface area (Å²) in [5, 5.41) is 3.81. The van der Waals surface area contributed by atoms with Gasteiger partial charge in [-0.25, -0.2) is 0 Å². The maximum Gasteiger partial charge on any atom is 0.0348 e. The molecule has 1 N–H and O–H groups in total. The van der Waals surface area contributed by atoms with Gasteiger partial charge < -0.3 is 5.32 Å². The largest absolute Gasteiger partial charge is 0.310 e. The Morgan fingerprint density at radius 2 is 1.90 bits per heavy atom. The van der Waals surface area contributed by atoms with Gasteiger partial charge in [0.25, 0.3) is 0 Å². The van der Waals surface area contributed by atoms with Crippen LogP contribution in [0.5, 0.6) is 0 Å². The minimum absolute atomic E-state index is 0.534. The van der Waals surface area contributed by atoms with Gasteiger partial charge >= 0.3 is 0 Å². The van der Waals surface area contributed by atoms with E-state index in [1.807, 2.05) is 0 Å². The quantitative estimate of drug-likeness (QED) is 0.666. The summed E-state index contributed by atoms with van der Waals surface area (Å²) in [6.45, 7) is 8.09. The molecule has 2 unspecified atom stereocenters. The van der Waals surface area contributed by atoms with Crippen LogP contribution >= 0.6 is 0 Å². The maximum atomic E-state index is 3.81. The molecule has 0 spiro atoms. The third-order valence-corrected chi connectivity index (χ3v) is 4.80. The molecule has 0 saturated heterocycles. The number of benzene rings is 1. The van der Waals surface area contributed by atoms with Gasteiger partial charge in [-0.15, -0.1) is 0 Å². The molecular formula is C19H31N. The third-order valence-electron chi connectivity index (χ3n) is 4.80. The number of rotatable bonds is 8. The van der Waals surface area contributed by atoms with Crippen LogP contribution < -0.4 is 5.32 Å². The van der Waals surface area contributed by atoms with E-state index >= 15 is 0 Å². The van der Waals surface area contributed by atoms with E-state index in [0.29, 0.717) is 12.0 Å². The van der Waals surface area contributed by atoms with Crippen LogP contribution in [-0.4, -0.2) is 6.54 Å². The number of nitrogens with one attached hydrogen (secondary N) is 1. The van der Waals surface area contributed by atoms with Crippen LogP contribution in [0, 0.1) is 5.92 Å². The van der Waals surface area contributed by atoms with Crippen molar-refractivity contribution < 1.29 is 0 Å². The van der Waals surface area contributed by atoms with Crippen molar-refractivity contribution in [1.29, 1.82) is 0 Å². The molecule has 2 atom stereocenters. The molecule has 1 saturated carbocycles. The van der Waals surface area contributed by atoms with E-state index < -0.39 is 0 Å². The van der Waals surface area contributed by atoms with Crippen molar-refractivity contribution in [3.05, 3.63) is 35.4 Å². The van der Waals surface area contributed by atoms with Gasteiger partial charge in [-0.1, -0.05) is 57.9 Å². The first kappa shape index (κ1) is 15.6. The molecule has 1 nitrogen and oxygen atoms in total. The molecule has 1 heteroatoms. The molecular weight excluding hydrogens is 242 g/mol. The Bertz CT molecular complexity index is 395. The van der Waals surface area contributed by atoms with Crippen LogP contribution in [0.25, 0.3) is 0 Å². The molecule has 1 aromatic rings. The van der Waals surface area contributed by atoms with Gasteiger partial charge in [-0.3, -0.25) is 0 Å². The summed E-state index contributed by atoms with van der Waals surface area (Å²) in [6, 6.07) is 9.72. The van der Waals surface area contributed by atoms with Gasteiger partial charge in [0.05, 0.1) is 0 Å². The molecule has 20 heavy (non-hydrogen) atoms. The lowest BCUT2D eigenvalue weighted by atomic mass is 9.75. The van der Waals surface area contributed by atoms with E-state index in [9.17, 15) is 0 Å². The highest BCUT2D eigenvalue weighted by atomic mass is 14.9. The predicted molar refractivity (Wildman–Crippen MR) is 88.1 cm³/mol. The predicted octanol–water partition coefficient (Wildman–Crippen LogP) is 5.43. The summed E-state index contributed by atoms with van der Waals surface area (Å²) in [7, 11) is 0. The molecule has 0 heterocycles. The van der Waals surface area contributed by atoms with Gasteiger partial charge in [-0.05, 0) is 55.2 Å². The lowest BCUT2D eigenvalue weighted by Gasteiger charge is -2.33. The molecule has 1 fully saturated rings. The number of hydrogen-bond donors (Lipinski definition) is 1. The highest BCUT2D eigenvalue weighted by Gasteiger charge is 2.26. The summed E-state index contributed by atoms with van der Waals surface area (Å²) in [5.74, 6) is 1.54. The monoisotopic (exact) mass is 273 g/mol. The van der Waals surface area contributed by atoms with Crippen molar-refractivity contribution >= 4 is 0 Å². The average molecular weight is 273 g/mol. The Hall–Kier alpha value is -0.820. The van der Waals surface area contributed by atoms with Crippen LogP contribution in [0.3, 0.4) is 0 Å². The summed E-state index contributed by atoms with van der Waals surface area (Å²) in [4.78, 5) is 0. The second kappa shape index (κ2) is 7.83. The Morgan fingerprint density at radius 3 is 2.50 bits per heavy atom. The molecule has 1 aromatic carbocycles. The lowest BCUT2D eigenvalue weighted by molar-refractivity contribution is 0.351. The van der Waals surface area contributed by atoms with E-state index in [1.165, 1.54) is 38.5 Å². The fraction of sp³-hybridized carbons (Fsp3) is 0.684. The minimum Gasteiger partial charge on any atom is -0.310 e. The highest BCUT2D eigenvalue weighted by Crippen LogP contribution is 2.41. The summed E-state index contributed by atoms with van der Waals surface area (Å²) in [6.07, 6.45) is 7.98. The molecule has 0 aromatic heterocycles. The van der Waals surface area contributed by atoms with Crippen LogP contribution in [-0.2, 0) is 0 Å². The lowest BCUT2D eigenvalue weighted by Crippen LogP contribution is -2.29. The first-order chi connectivity index (χ1) is 9.77. The van der Waals surface area contributed by atoms with Gasteiger partial charge in [-0.2, -0.15) is 0 Å². The van der Waals surface area contributed by atoms with Gasteiger partial charge in [0, 0.05) is 6.04 Å². The maximum absolute atomic E-state index is 3.81. The van der Waals surface area contributed by atoms with Crippen molar-refractivity contribution in [3.63, 3.8) is 0 Å². The third kappa shape index (κ3) is 3.63. The van der Waals surface area contributed by atoms with E-state index in [1.54, 1.807) is 11.1 Å². The Kier molecular flexibility index (Phi) is 6.09. The zero-order chi connectivity index (χ0) is 14.4. The van der Waals surface area contributed by atoms with E-state index in [-0.39, 0.29) is 0 Å². The molecule has 1 aliphatic rings. The van der Waals surface area contributed by atoms with Crippen LogP contribution in [0.2, 0.25) is 0 Å². The van der Waals surface area contributed by atoms with Crippen LogP contribution in [0.15, 0.2) is 24.3 Å². The van der Waals surface area contributed by atoms with E-state index in [2.05, 4.69) is 50.4 Å². The fourth-order valence-corrected chi connectivity index (χ4v) is 3.42. The molecule has 0 bridgehead atoms. The minimum atomic E-state index is 0.534. The van der Waals surface area contributed by atoms with Crippen molar-refractivity contribution in [2.24, 2.45) is 5.92 Å². The van der Waals surface area contributed by atoms with Crippen molar-refractivity contribution in [2.75, 3.05) is 6.54 Å². The van der Waals surface area contributed by atoms with Gasteiger partial charge in [0.15, 0.2) is 0 Å². The molecule has 0 amide bonds. The molecule has 2 rings (SSSR count). The van der Waals surface area contributed by atoms with Crippen molar-refractivity contribution in [3.8, 4) is 0 Å². The zero-order valence-corrected chi connectivity index (χ0v) is 13.5. The second-order valence-corrected chi connectivity index (χ2v) is 6.45. The normalized spacial score (nSPS) is 18.6. The smallest absolute Gasteiger partial charge is 0.0348 e. The highest BCUT2D eigenvalue weighted by molar-refractivity contribution is 5.34. The van der Waals surface area contributed by atoms with Gasteiger partial charge in [0.1, 0.15) is 0 Å². The fourth-order valence-electron chi connectivity index (χ4n) is 3.42. The standard InChI is InChI=1S/C19H31N/c1-4-9-15(3)19(20-14-5-2)18-13-7-6-12-17(18)16-10-8-11-16/h6-7,12-13,15-16,19-20H,4-5,8-11,14H2,1-3H3. The summed E-state index contributed by atoms with van der Waals surface area (Å²) >= 11 is 0. The molecule has 112 valence electrons. The van der Waals surface area contributed by atoms with Crippen LogP contribution in [0.4, 0.5) is 0 Å². The zero-order valence-electron chi connectivity index (χ0n) is 13.5. The second-order valence-electron chi connectivity index (χ2n) is 6.45.